The van der Waals surface area contributed by atoms with Crippen LogP contribution in [0.2, 0.25) is 0 Å². The van der Waals surface area contributed by atoms with E-state index in [1.165, 1.54) is 43.2 Å². The topological polar surface area (TPSA) is 12.5 Å². The highest BCUT2D eigenvalue weighted by molar-refractivity contribution is 5.18. The molecule has 130 valence electrons. The summed E-state index contributed by atoms with van der Waals surface area (Å²) < 4.78 is 6.74. The lowest BCUT2D eigenvalue weighted by Crippen LogP contribution is -2.62. The van der Waals surface area contributed by atoms with Crippen LogP contribution in [0.25, 0.3) is 0 Å². The molecule has 2 aliphatic carbocycles. The second-order valence-electron chi connectivity index (χ2n) is 8.36. The first kappa shape index (κ1) is 15.6. The third-order valence-electron chi connectivity index (χ3n) is 6.47. The van der Waals surface area contributed by atoms with Crippen LogP contribution in [0.3, 0.4) is 0 Å². The number of benzene rings is 2. The Balaban J connectivity index is 1.46. The van der Waals surface area contributed by atoms with Gasteiger partial charge in [-0.15, -0.1) is 0 Å². The van der Waals surface area contributed by atoms with E-state index in [1.807, 2.05) is 0 Å². The highest BCUT2D eigenvalue weighted by atomic mass is 16.5. The van der Waals surface area contributed by atoms with Crippen molar-refractivity contribution in [2.75, 3.05) is 0 Å². The van der Waals surface area contributed by atoms with Gasteiger partial charge in [-0.1, -0.05) is 60.7 Å². The van der Waals surface area contributed by atoms with Gasteiger partial charge in [0.2, 0.25) is 0 Å². The predicted molar refractivity (Wildman–Crippen MR) is 99.8 cm³/mol. The lowest BCUT2D eigenvalue weighted by molar-refractivity contribution is -0.288. The van der Waals surface area contributed by atoms with Crippen LogP contribution in [0, 0.1) is 11.8 Å². The Labute approximate surface area is 150 Å². The normalized spacial score (nSPS) is 33.1. The second-order valence-corrected chi connectivity index (χ2v) is 8.36. The zero-order valence-electron chi connectivity index (χ0n) is 14.8. The molecule has 4 atom stereocenters. The first-order chi connectivity index (χ1) is 12.3. The summed E-state index contributed by atoms with van der Waals surface area (Å²) >= 11 is 0. The van der Waals surface area contributed by atoms with Crippen LogP contribution in [-0.4, -0.2) is 16.7 Å². The molecule has 2 aromatic rings. The monoisotopic (exact) mass is 333 g/mol. The summed E-state index contributed by atoms with van der Waals surface area (Å²) in [6.45, 7) is 1.95. The van der Waals surface area contributed by atoms with Crippen LogP contribution in [-0.2, 0) is 17.8 Å². The summed E-state index contributed by atoms with van der Waals surface area (Å²) in [6, 6.07) is 21.8. The maximum absolute atomic E-state index is 6.74. The van der Waals surface area contributed by atoms with Crippen LogP contribution >= 0.6 is 0 Å². The lowest BCUT2D eigenvalue weighted by atomic mass is 9.64. The van der Waals surface area contributed by atoms with Crippen molar-refractivity contribution < 1.29 is 4.74 Å². The van der Waals surface area contributed by atoms with E-state index >= 15 is 0 Å². The third kappa shape index (κ3) is 3.02. The maximum atomic E-state index is 6.74. The Kier molecular flexibility index (Phi) is 3.91. The average Bonchev–Trinajstić information content (AvgIpc) is 2.62. The fourth-order valence-corrected chi connectivity index (χ4v) is 5.61. The quantitative estimate of drug-likeness (QED) is 0.764. The molecule has 2 unspecified atom stereocenters. The van der Waals surface area contributed by atoms with E-state index in [4.69, 9.17) is 4.74 Å². The van der Waals surface area contributed by atoms with Gasteiger partial charge in [0.15, 0.2) is 0 Å². The minimum atomic E-state index is -0.0412. The summed E-state index contributed by atoms with van der Waals surface area (Å²) in [6.07, 6.45) is 6.97. The van der Waals surface area contributed by atoms with Gasteiger partial charge in [-0.2, -0.15) is 0 Å². The van der Waals surface area contributed by atoms with Crippen molar-refractivity contribution in [3.05, 3.63) is 71.8 Å². The molecule has 2 heteroatoms. The Hall–Kier alpha value is -1.64. The largest absolute Gasteiger partial charge is 0.357 e. The molecular formula is C23H27NO. The van der Waals surface area contributed by atoms with Crippen molar-refractivity contribution in [2.45, 2.75) is 57.0 Å². The Morgan fingerprint density at radius 1 is 0.760 bits per heavy atom. The van der Waals surface area contributed by atoms with Crippen molar-refractivity contribution in [3.8, 4) is 0 Å². The molecule has 4 fully saturated rings. The molecule has 2 saturated carbocycles. The summed E-state index contributed by atoms with van der Waals surface area (Å²) in [7, 11) is 0. The highest BCUT2D eigenvalue weighted by Crippen LogP contribution is 2.54. The number of hydrogen-bond donors (Lipinski definition) is 0. The van der Waals surface area contributed by atoms with Gasteiger partial charge in [0.25, 0.3) is 0 Å². The first-order valence-electron chi connectivity index (χ1n) is 9.80. The van der Waals surface area contributed by atoms with E-state index in [-0.39, 0.29) is 5.72 Å². The van der Waals surface area contributed by atoms with Crippen LogP contribution < -0.4 is 0 Å². The summed E-state index contributed by atoms with van der Waals surface area (Å²) in [5, 5.41) is 0. The third-order valence-corrected chi connectivity index (χ3v) is 6.47. The smallest absolute Gasteiger partial charge is 0.123 e. The second kappa shape index (κ2) is 6.26. The molecule has 0 spiro atoms. The van der Waals surface area contributed by atoms with Crippen molar-refractivity contribution in [1.29, 1.82) is 0 Å². The SMILES string of the molecule is c1ccc(CN(Cc2ccccc2)C23C[C@@H]4CC(C[C@@H](C4)C2)O3)cc1. The number of nitrogens with zero attached hydrogens (tertiary/aromatic N) is 1. The van der Waals surface area contributed by atoms with Crippen molar-refractivity contribution in [2.24, 2.45) is 11.8 Å². The van der Waals surface area contributed by atoms with E-state index in [0.717, 1.165) is 24.9 Å². The molecule has 2 aromatic carbocycles. The zero-order valence-corrected chi connectivity index (χ0v) is 14.8. The highest BCUT2D eigenvalue weighted by Gasteiger charge is 2.54. The Bertz CT molecular complexity index is 635. The molecule has 2 heterocycles. The summed E-state index contributed by atoms with van der Waals surface area (Å²) in [5.74, 6) is 1.75. The predicted octanol–water partition coefficient (Wildman–Crippen LogP) is 4.99. The van der Waals surface area contributed by atoms with E-state index in [2.05, 4.69) is 65.6 Å². The first-order valence-corrected chi connectivity index (χ1v) is 9.80. The zero-order chi connectivity index (χ0) is 16.7. The van der Waals surface area contributed by atoms with E-state index < -0.39 is 0 Å². The molecule has 2 saturated heterocycles. The fraction of sp³-hybridized carbons (Fsp3) is 0.478. The van der Waals surface area contributed by atoms with Gasteiger partial charge < -0.3 is 4.74 Å². The van der Waals surface area contributed by atoms with Crippen LogP contribution in [0.5, 0.6) is 0 Å². The van der Waals surface area contributed by atoms with Gasteiger partial charge in [-0.25, -0.2) is 0 Å². The lowest BCUT2D eigenvalue weighted by Gasteiger charge is -2.60. The van der Waals surface area contributed by atoms with Gasteiger partial charge >= 0.3 is 0 Å². The molecule has 0 radical (unpaired) electrons. The minimum absolute atomic E-state index is 0.0412. The van der Waals surface area contributed by atoms with Crippen molar-refractivity contribution in [1.82, 2.24) is 4.90 Å². The number of hydrogen-bond acceptors (Lipinski definition) is 2. The van der Waals surface area contributed by atoms with Gasteiger partial charge in [0.1, 0.15) is 5.72 Å². The fourth-order valence-electron chi connectivity index (χ4n) is 5.61. The molecule has 0 aromatic heterocycles. The van der Waals surface area contributed by atoms with E-state index in [1.54, 1.807) is 0 Å². The van der Waals surface area contributed by atoms with Crippen molar-refractivity contribution >= 4 is 0 Å². The summed E-state index contributed by atoms with van der Waals surface area (Å²) in [5.41, 5.74) is 2.73. The molecular weight excluding hydrogens is 306 g/mol. The maximum Gasteiger partial charge on any atom is 0.123 e. The molecule has 25 heavy (non-hydrogen) atoms. The van der Waals surface area contributed by atoms with Gasteiger partial charge in [-0.3, -0.25) is 4.90 Å². The number of ether oxygens (including phenoxy) is 1. The molecule has 2 nitrogen and oxygen atoms in total. The number of rotatable bonds is 5. The van der Waals surface area contributed by atoms with Crippen LogP contribution in [0.4, 0.5) is 0 Å². The average molecular weight is 333 g/mol. The summed E-state index contributed by atoms with van der Waals surface area (Å²) in [4.78, 5) is 2.64. The molecule has 6 rings (SSSR count). The standard InChI is InChI=1S/C23H27NO/c1-3-7-18(8-4-1)16-24(17-19-9-5-2-6-10-19)23-14-20-11-21(15-23)13-22(12-20)25-23/h1-10,20-22H,11-17H2/t20-,21+,22?,23?. The van der Waals surface area contributed by atoms with Crippen LogP contribution in [0.15, 0.2) is 60.7 Å². The Morgan fingerprint density at radius 2 is 1.28 bits per heavy atom. The van der Waals surface area contributed by atoms with E-state index in [9.17, 15) is 0 Å². The van der Waals surface area contributed by atoms with Gasteiger partial charge in [0, 0.05) is 13.1 Å². The van der Waals surface area contributed by atoms with E-state index in [0.29, 0.717) is 6.10 Å². The minimum Gasteiger partial charge on any atom is -0.357 e. The van der Waals surface area contributed by atoms with Crippen molar-refractivity contribution in [3.63, 3.8) is 0 Å². The Morgan fingerprint density at radius 3 is 1.76 bits per heavy atom. The molecule has 0 N–H and O–H groups in total. The van der Waals surface area contributed by atoms with Crippen LogP contribution in [0.1, 0.15) is 43.2 Å². The molecule has 4 bridgehead atoms. The van der Waals surface area contributed by atoms with Gasteiger partial charge in [-0.05, 0) is 55.1 Å². The molecule has 0 amide bonds. The van der Waals surface area contributed by atoms with Gasteiger partial charge in [0.05, 0.1) is 6.10 Å². The molecule has 4 aliphatic rings. The molecule has 2 aliphatic heterocycles.